The van der Waals surface area contributed by atoms with E-state index in [4.69, 9.17) is 4.74 Å². The van der Waals surface area contributed by atoms with E-state index in [1.54, 1.807) is 0 Å². The molecule has 0 aromatic heterocycles. The van der Waals surface area contributed by atoms with Crippen LogP contribution in [0.1, 0.15) is 44.7 Å². The Labute approximate surface area is 105 Å². The summed E-state index contributed by atoms with van der Waals surface area (Å²) in [6, 6.07) is 8.62. The van der Waals surface area contributed by atoms with Crippen LogP contribution < -0.4 is 5.32 Å². The van der Waals surface area contributed by atoms with Crippen LogP contribution in [0.4, 0.5) is 0 Å². The van der Waals surface area contributed by atoms with Crippen LogP contribution in [0, 0.1) is 0 Å². The molecule has 0 saturated carbocycles. The molecule has 1 N–H and O–H groups in total. The molecule has 0 amide bonds. The zero-order chi connectivity index (χ0) is 12.5. The molecule has 0 radical (unpaired) electrons. The zero-order valence-corrected chi connectivity index (χ0v) is 11.3. The Bertz CT molecular complexity index is 312. The second-order valence-corrected chi connectivity index (χ2v) is 4.51. The fourth-order valence-electron chi connectivity index (χ4n) is 1.83. The summed E-state index contributed by atoms with van der Waals surface area (Å²) in [6.07, 6.45) is 2.68. The molecule has 0 heterocycles. The quantitative estimate of drug-likeness (QED) is 0.744. The summed E-state index contributed by atoms with van der Waals surface area (Å²) in [5, 5.41) is 3.34. The number of rotatable bonds is 8. The van der Waals surface area contributed by atoms with E-state index in [2.05, 4.69) is 50.4 Å². The van der Waals surface area contributed by atoms with E-state index in [1.807, 2.05) is 0 Å². The molecule has 0 spiro atoms. The van der Waals surface area contributed by atoms with Crippen molar-refractivity contribution in [1.82, 2.24) is 5.32 Å². The first-order chi connectivity index (χ1) is 8.26. The van der Waals surface area contributed by atoms with E-state index in [0.29, 0.717) is 6.10 Å². The Balaban J connectivity index is 2.42. The molecule has 1 aromatic rings. The van der Waals surface area contributed by atoms with Gasteiger partial charge in [0.15, 0.2) is 0 Å². The highest BCUT2D eigenvalue weighted by Gasteiger charge is 2.01. The lowest BCUT2D eigenvalue weighted by atomic mass is 10.1. The second kappa shape index (κ2) is 8.26. The van der Waals surface area contributed by atoms with Crippen LogP contribution >= 0.6 is 0 Å². The van der Waals surface area contributed by atoms with E-state index in [0.717, 1.165) is 26.1 Å². The van der Waals surface area contributed by atoms with Crippen molar-refractivity contribution in [2.45, 2.75) is 52.9 Å². The molecule has 2 nitrogen and oxygen atoms in total. The predicted molar refractivity (Wildman–Crippen MR) is 73.0 cm³/mol. The maximum Gasteiger partial charge on any atom is 0.0720 e. The third kappa shape index (κ3) is 5.85. The molecular weight excluding hydrogens is 210 g/mol. The molecule has 1 unspecified atom stereocenters. The van der Waals surface area contributed by atoms with Crippen molar-refractivity contribution in [1.29, 1.82) is 0 Å². The third-order valence-corrected chi connectivity index (χ3v) is 2.80. The van der Waals surface area contributed by atoms with Crippen LogP contribution in [0.25, 0.3) is 0 Å². The zero-order valence-electron chi connectivity index (χ0n) is 11.3. The second-order valence-electron chi connectivity index (χ2n) is 4.51. The van der Waals surface area contributed by atoms with Crippen LogP contribution in [0.2, 0.25) is 0 Å². The summed E-state index contributed by atoms with van der Waals surface area (Å²) in [7, 11) is 0. The summed E-state index contributed by atoms with van der Waals surface area (Å²) in [4.78, 5) is 0. The normalized spacial score (nSPS) is 12.6. The largest absolute Gasteiger partial charge is 0.374 e. The molecule has 1 rings (SSSR count). The Morgan fingerprint density at radius 3 is 2.71 bits per heavy atom. The van der Waals surface area contributed by atoms with Gasteiger partial charge in [0.05, 0.1) is 12.7 Å². The summed E-state index contributed by atoms with van der Waals surface area (Å²) >= 11 is 0. The highest BCUT2D eigenvalue weighted by atomic mass is 16.5. The Morgan fingerprint density at radius 1 is 1.24 bits per heavy atom. The monoisotopic (exact) mass is 235 g/mol. The highest BCUT2D eigenvalue weighted by molar-refractivity contribution is 5.22. The van der Waals surface area contributed by atoms with E-state index >= 15 is 0 Å². The van der Waals surface area contributed by atoms with Crippen molar-refractivity contribution < 1.29 is 4.74 Å². The Morgan fingerprint density at radius 2 is 2.00 bits per heavy atom. The topological polar surface area (TPSA) is 21.3 Å². The SMILES string of the molecule is CCCC(C)OCc1cccc(CNCC)c1. The van der Waals surface area contributed by atoms with Gasteiger partial charge in [-0.05, 0) is 31.0 Å². The summed E-state index contributed by atoms with van der Waals surface area (Å²) in [5.41, 5.74) is 2.60. The lowest BCUT2D eigenvalue weighted by Crippen LogP contribution is -2.12. The van der Waals surface area contributed by atoms with Crippen LogP contribution in [0.5, 0.6) is 0 Å². The lowest BCUT2D eigenvalue weighted by Gasteiger charge is -2.12. The Hall–Kier alpha value is -0.860. The number of hydrogen-bond donors (Lipinski definition) is 1. The van der Waals surface area contributed by atoms with Crippen molar-refractivity contribution in [2.24, 2.45) is 0 Å². The average Bonchev–Trinajstić information content (AvgIpc) is 2.35. The number of ether oxygens (including phenoxy) is 1. The summed E-state index contributed by atoms with van der Waals surface area (Å²) in [5.74, 6) is 0. The number of benzene rings is 1. The molecule has 0 aliphatic carbocycles. The fraction of sp³-hybridized carbons (Fsp3) is 0.600. The van der Waals surface area contributed by atoms with Crippen LogP contribution in [-0.2, 0) is 17.9 Å². The standard InChI is InChI=1S/C15H25NO/c1-4-7-13(3)17-12-15-9-6-8-14(10-15)11-16-5-2/h6,8-10,13,16H,4-5,7,11-12H2,1-3H3. The van der Waals surface area contributed by atoms with E-state index in [9.17, 15) is 0 Å². The van der Waals surface area contributed by atoms with Crippen LogP contribution in [0.3, 0.4) is 0 Å². The van der Waals surface area contributed by atoms with Gasteiger partial charge in [0.2, 0.25) is 0 Å². The minimum absolute atomic E-state index is 0.359. The first-order valence-corrected chi connectivity index (χ1v) is 6.66. The molecule has 0 bridgehead atoms. The fourth-order valence-corrected chi connectivity index (χ4v) is 1.83. The maximum atomic E-state index is 5.81. The molecule has 0 saturated heterocycles. The molecular formula is C15H25NO. The predicted octanol–water partition coefficient (Wildman–Crippen LogP) is 3.50. The van der Waals surface area contributed by atoms with Gasteiger partial charge in [0, 0.05) is 6.54 Å². The molecule has 1 aromatic carbocycles. The molecule has 2 heteroatoms. The molecule has 0 aliphatic heterocycles. The van der Waals surface area contributed by atoms with E-state index in [1.165, 1.54) is 17.5 Å². The van der Waals surface area contributed by atoms with Gasteiger partial charge in [0.25, 0.3) is 0 Å². The average molecular weight is 235 g/mol. The van der Waals surface area contributed by atoms with Gasteiger partial charge in [-0.1, -0.05) is 44.5 Å². The van der Waals surface area contributed by atoms with E-state index in [-0.39, 0.29) is 0 Å². The van der Waals surface area contributed by atoms with Gasteiger partial charge in [-0.25, -0.2) is 0 Å². The van der Waals surface area contributed by atoms with Crippen molar-refractivity contribution in [3.63, 3.8) is 0 Å². The van der Waals surface area contributed by atoms with Gasteiger partial charge < -0.3 is 10.1 Å². The minimum atomic E-state index is 0.359. The molecule has 1 atom stereocenters. The highest BCUT2D eigenvalue weighted by Crippen LogP contribution is 2.09. The molecule has 96 valence electrons. The van der Waals surface area contributed by atoms with Gasteiger partial charge in [-0.15, -0.1) is 0 Å². The third-order valence-electron chi connectivity index (χ3n) is 2.80. The van der Waals surface area contributed by atoms with E-state index < -0.39 is 0 Å². The molecule has 17 heavy (non-hydrogen) atoms. The summed E-state index contributed by atoms with van der Waals surface area (Å²) in [6.45, 7) is 9.13. The minimum Gasteiger partial charge on any atom is -0.374 e. The van der Waals surface area contributed by atoms with Crippen molar-refractivity contribution in [2.75, 3.05) is 6.54 Å². The van der Waals surface area contributed by atoms with Crippen LogP contribution in [0.15, 0.2) is 24.3 Å². The van der Waals surface area contributed by atoms with Gasteiger partial charge >= 0.3 is 0 Å². The van der Waals surface area contributed by atoms with Crippen molar-refractivity contribution in [3.05, 3.63) is 35.4 Å². The van der Waals surface area contributed by atoms with Crippen LogP contribution in [-0.4, -0.2) is 12.6 Å². The first kappa shape index (κ1) is 14.2. The van der Waals surface area contributed by atoms with Crippen molar-refractivity contribution >= 4 is 0 Å². The first-order valence-electron chi connectivity index (χ1n) is 6.66. The maximum absolute atomic E-state index is 5.81. The van der Waals surface area contributed by atoms with Gasteiger partial charge in [0.1, 0.15) is 0 Å². The lowest BCUT2D eigenvalue weighted by molar-refractivity contribution is 0.0471. The molecule has 0 fully saturated rings. The summed E-state index contributed by atoms with van der Waals surface area (Å²) < 4.78 is 5.81. The van der Waals surface area contributed by atoms with Gasteiger partial charge in [-0.2, -0.15) is 0 Å². The smallest absolute Gasteiger partial charge is 0.0720 e. The number of nitrogens with one attached hydrogen (secondary N) is 1. The van der Waals surface area contributed by atoms with Gasteiger partial charge in [-0.3, -0.25) is 0 Å². The Kier molecular flexibility index (Phi) is 6.90. The molecule has 0 aliphatic rings. The number of hydrogen-bond acceptors (Lipinski definition) is 2. The van der Waals surface area contributed by atoms with Crippen molar-refractivity contribution in [3.8, 4) is 0 Å².